The second-order valence-electron chi connectivity index (χ2n) is 1.30. The molecule has 0 aromatic rings. The smallest absolute Gasteiger partial charge is 0.0294 e. The quantitative estimate of drug-likeness (QED) is 0.451. The maximum atomic E-state index is 5.14. The predicted molar refractivity (Wildman–Crippen MR) is 27.1 cm³/mol. The maximum Gasteiger partial charge on any atom is 0.0294 e. The lowest BCUT2D eigenvalue weighted by Crippen LogP contribution is -2.07. The second-order valence-corrected chi connectivity index (χ2v) is 1.30. The molecule has 34 valence electrons. The molecule has 0 aromatic carbocycles. The molecular weight excluding hydrogens is 74.1 g/mol. The molecule has 0 aliphatic heterocycles. The standard InChI is InChI=1S/C5H9N/c1-3-5(2)4-6/h1,5H,4,6H2,2H3. The first-order valence-corrected chi connectivity index (χ1v) is 1.97. The van der Waals surface area contributed by atoms with Gasteiger partial charge in [-0.3, -0.25) is 0 Å². The van der Waals surface area contributed by atoms with Gasteiger partial charge in [0.1, 0.15) is 0 Å². The summed E-state index contributed by atoms with van der Waals surface area (Å²) < 4.78 is 0. The largest absolute Gasteiger partial charge is 0.329 e. The Balaban J connectivity index is 3.04. The molecule has 0 amide bonds. The Morgan fingerprint density at radius 1 is 2.00 bits per heavy atom. The van der Waals surface area contributed by atoms with Gasteiger partial charge in [0.2, 0.25) is 0 Å². The molecule has 1 unspecified atom stereocenters. The normalized spacial score (nSPS) is 12.8. The summed E-state index contributed by atoms with van der Waals surface area (Å²) in [4.78, 5) is 0. The van der Waals surface area contributed by atoms with Crippen molar-refractivity contribution in [2.45, 2.75) is 6.92 Å². The SMILES string of the molecule is C#CC(C)CN. The van der Waals surface area contributed by atoms with Crippen molar-refractivity contribution in [2.24, 2.45) is 11.7 Å². The zero-order valence-corrected chi connectivity index (χ0v) is 3.94. The van der Waals surface area contributed by atoms with Gasteiger partial charge in [0.15, 0.2) is 0 Å². The van der Waals surface area contributed by atoms with E-state index in [1.807, 2.05) is 6.92 Å². The van der Waals surface area contributed by atoms with Gasteiger partial charge in [-0.15, -0.1) is 12.3 Å². The van der Waals surface area contributed by atoms with Crippen LogP contribution in [0.1, 0.15) is 6.92 Å². The fourth-order valence-corrected chi connectivity index (χ4v) is 0.0680. The Kier molecular flexibility index (Phi) is 2.52. The van der Waals surface area contributed by atoms with Crippen molar-refractivity contribution in [3.63, 3.8) is 0 Å². The van der Waals surface area contributed by atoms with Crippen LogP contribution in [0.3, 0.4) is 0 Å². The lowest BCUT2D eigenvalue weighted by Gasteiger charge is -1.91. The average Bonchev–Trinajstić information content (AvgIpc) is 1.65. The van der Waals surface area contributed by atoms with Crippen LogP contribution in [0.15, 0.2) is 0 Å². The van der Waals surface area contributed by atoms with E-state index in [1.165, 1.54) is 0 Å². The Hall–Kier alpha value is -0.480. The first-order valence-electron chi connectivity index (χ1n) is 1.97. The molecule has 0 heterocycles. The minimum atomic E-state index is 0.241. The zero-order valence-electron chi connectivity index (χ0n) is 3.94. The van der Waals surface area contributed by atoms with E-state index in [4.69, 9.17) is 12.2 Å². The Labute approximate surface area is 38.5 Å². The number of hydrogen-bond acceptors (Lipinski definition) is 1. The van der Waals surface area contributed by atoms with E-state index < -0.39 is 0 Å². The van der Waals surface area contributed by atoms with Crippen LogP contribution in [-0.2, 0) is 0 Å². The van der Waals surface area contributed by atoms with Crippen molar-refractivity contribution in [3.8, 4) is 12.3 Å². The van der Waals surface area contributed by atoms with E-state index in [9.17, 15) is 0 Å². The molecule has 1 nitrogen and oxygen atoms in total. The third-order valence-electron chi connectivity index (χ3n) is 0.638. The average molecular weight is 83.1 g/mol. The molecule has 1 atom stereocenters. The summed E-state index contributed by atoms with van der Waals surface area (Å²) >= 11 is 0. The lowest BCUT2D eigenvalue weighted by molar-refractivity contribution is 0.767. The molecule has 0 aliphatic rings. The van der Waals surface area contributed by atoms with E-state index in [0.717, 1.165) is 0 Å². The van der Waals surface area contributed by atoms with E-state index in [2.05, 4.69) is 5.92 Å². The van der Waals surface area contributed by atoms with Gasteiger partial charge in [-0.1, -0.05) is 6.92 Å². The molecule has 0 rings (SSSR count). The molecule has 0 aromatic heterocycles. The molecule has 0 fully saturated rings. The highest BCUT2D eigenvalue weighted by Gasteiger charge is 1.85. The summed E-state index contributed by atoms with van der Waals surface area (Å²) in [7, 11) is 0. The van der Waals surface area contributed by atoms with Gasteiger partial charge in [0.25, 0.3) is 0 Å². The number of terminal acetylenes is 1. The van der Waals surface area contributed by atoms with Crippen LogP contribution in [-0.4, -0.2) is 6.54 Å². The lowest BCUT2D eigenvalue weighted by atomic mass is 10.2. The minimum Gasteiger partial charge on any atom is -0.329 e. The summed E-state index contributed by atoms with van der Waals surface area (Å²) in [5, 5.41) is 0. The molecule has 0 saturated carbocycles. The highest BCUT2D eigenvalue weighted by molar-refractivity contribution is 4.90. The zero-order chi connectivity index (χ0) is 4.99. The summed E-state index contributed by atoms with van der Waals surface area (Å²) in [6.07, 6.45) is 4.95. The van der Waals surface area contributed by atoms with Crippen LogP contribution < -0.4 is 5.73 Å². The van der Waals surface area contributed by atoms with E-state index in [0.29, 0.717) is 6.54 Å². The second kappa shape index (κ2) is 2.74. The van der Waals surface area contributed by atoms with Crippen LogP contribution in [0.5, 0.6) is 0 Å². The van der Waals surface area contributed by atoms with Gasteiger partial charge in [-0.25, -0.2) is 0 Å². The van der Waals surface area contributed by atoms with Crippen molar-refractivity contribution in [1.82, 2.24) is 0 Å². The van der Waals surface area contributed by atoms with Gasteiger partial charge in [0.05, 0.1) is 0 Å². The Morgan fingerprint density at radius 2 is 2.50 bits per heavy atom. The summed E-state index contributed by atoms with van der Waals surface area (Å²) in [5.74, 6) is 2.73. The summed E-state index contributed by atoms with van der Waals surface area (Å²) in [6.45, 7) is 2.51. The maximum absolute atomic E-state index is 5.14. The first-order chi connectivity index (χ1) is 2.81. The molecular formula is C5H9N. The molecule has 1 heteroatoms. The van der Waals surface area contributed by atoms with Crippen molar-refractivity contribution in [1.29, 1.82) is 0 Å². The molecule has 0 saturated heterocycles. The van der Waals surface area contributed by atoms with Crippen molar-refractivity contribution < 1.29 is 0 Å². The summed E-state index contributed by atoms with van der Waals surface area (Å²) in [5.41, 5.74) is 5.14. The number of rotatable bonds is 1. The first kappa shape index (κ1) is 5.52. The van der Waals surface area contributed by atoms with E-state index in [-0.39, 0.29) is 5.92 Å². The molecule has 6 heavy (non-hydrogen) atoms. The Morgan fingerprint density at radius 3 is 2.50 bits per heavy atom. The van der Waals surface area contributed by atoms with Crippen LogP contribution in [0, 0.1) is 18.3 Å². The molecule has 2 N–H and O–H groups in total. The van der Waals surface area contributed by atoms with Crippen LogP contribution in [0.2, 0.25) is 0 Å². The highest BCUT2D eigenvalue weighted by Crippen LogP contribution is 1.82. The van der Waals surface area contributed by atoms with Gasteiger partial charge in [-0.05, 0) is 0 Å². The van der Waals surface area contributed by atoms with E-state index in [1.54, 1.807) is 0 Å². The topological polar surface area (TPSA) is 26.0 Å². The van der Waals surface area contributed by atoms with Crippen molar-refractivity contribution in [2.75, 3.05) is 6.54 Å². The molecule has 0 bridgehead atoms. The van der Waals surface area contributed by atoms with Crippen molar-refractivity contribution in [3.05, 3.63) is 0 Å². The summed E-state index contributed by atoms with van der Waals surface area (Å²) in [6, 6.07) is 0. The molecule has 0 spiro atoms. The van der Waals surface area contributed by atoms with Crippen molar-refractivity contribution >= 4 is 0 Å². The predicted octanol–water partition coefficient (Wildman–Crippen LogP) is 0.214. The third-order valence-corrected chi connectivity index (χ3v) is 0.638. The monoisotopic (exact) mass is 83.1 g/mol. The number of hydrogen-bond donors (Lipinski definition) is 1. The number of nitrogens with two attached hydrogens (primary N) is 1. The fourth-order valence-electron chi connectivity index (χ4n) is 0.0680. The van der Waals surface area contributed by atoms with Crippen LogP contribution in [0.25, 0.3) is 0 Å². The molecule has 0 radical (unpaired) electrons. The van der Waals surface area contributed by atoms with Gasteiger partial charge in [-0.2, -0.15) is 0 Å². The van der Waals surface area contributed by atoms with Crippen LogP contribution in [0.4, 0.5) is 0 Å². The third kappa shape index (κ3) is 1.80. The van der Waals surface area contributed by atoms with E-state index >= 15 is 0 Å². The van der Waals surface area contributed by atoms with Gasteiger partial charge in [0, 0.05) is 12.5 Å². The highest BCUT2D eigenvalue weighted by atomic mass is 14.5. The van der Waals surface area contributed by atoms with Gasteiger partial charge < -0.3 is 5.73 Å². The Bertz CT molecular complexity index is 60.8. The van der Waals surface area contributed by atoms with Crippen LogP contribution >= 0.6 is 0 Å². The fraction of sp³-hybridized carbons (Fsp3) is 0.600. The van der Waals surface area contributed by atoms with Gasteiger partial charge >= 0.3 is 0 Å². The molecule has 0 aliphatic carbocycles. The minimum absolute atomic E-state index is 0.241.